The topological polar surface area (TPSA) is 95.7 Å². The van der Waals surface area contributed by atoms with Crippen molar-refractivity contribution in [3.63, 3.8) is 0 Å². The zero-order valence-corrected chi connectivity index (χ0v) is 13.5. The maximum absolute atomic E-state index is 11.5. The van der Waals surface area contributed by atoms with Crippen LogP contribution in [0.1, 0.15) is 5.56 Å². The molecule has 3 heterocycles. The van der Waals surface area contributed by atoms with Gasteiger partial charge in [-0.3, -0.25) is 4.79 Å². The second kappa shape index (κ2) is 5.50. The standard InChI is InChI=1S/C16H13N5O2S/c1-3-8-6-17-14-13(8)15(19-7-18-14)20-9-5-12-10(4-11(9)23-2)21-16(22)24-12/h3-7H,1H2,2H3,(H,21,22)(H2,17,18,19,20). The summed E-state index contributed by atoms with van der Waals surface area (Å²) in [6.07, 6.45) is 5.05. The molecule has 0 fully saturated rings. The Bertz CT molecular complexity index is 1120. The fraction of sp³-hybridized carbons (Fsp3) is 0.0625. The average molecular weight is 339 g/mol. The monoisotopic (exact) mass is 339 g/mol. The summed E-state index contributed by atoms with van der Waals surface area (Å²) in [5.74, 6) is 1.25. The Balaban J connectivity index is 1.88. The van der Waals surface area contributed by atoms with Gasteiger partial charge in [-0.05, 0) is 6.07 Å². The number of methoxy groups -OCH3 is 1. The number of H-pyrrole nitrogens is 2. The van der Waals surface area contributed by atoms with Crippen LogP contribution in [0.25, 0.3) is 27.3 Å². The number of thiazole rings is 1. The maximum atomic E-state index is 11.5. The van der Waals surface area contributed by atoms with E-state index in [-0.39, 0.29) is 4.87 Å². The van der Waals surface area contributed by atoms with Crippen molar-refractivity contribution in [2.75, 3.05) is 12.4 Å². The van der Waals surface area contributed by atoms with Crippen molar-refractivity contribution in [2.45, 2.75) is 0 Å². The molecule has 1 aromatic carbocycles. The van der Waals surface area contributed by atoms with Crippen molar-refractivity contribution in [3.8, 4) is 5.75 Å². The van der Waals surface area contributed by atoms with Crippen LogP contribution in [0.5, 0.6) is 5.75 Å². The first-order valence-corrected chi connectivity index (χ1v) is 7.93. The van der Waals surface area contributed by atoms with Crippen LogP contribution in [-0.2, 0) is 0 Å². The minimum absolute atomic E-state index is 0.104. The number of fused-ring (bicyclic) bond motifs is 2. The molecule has 0 aliphatic rings. The molecule has 24 heavy (non-hydrogen) atoms. The first-order valence-electron chi connectivity index (χ1n) is 7.12. The first kappa shape index (κ1) is 14.5. The maximum Gasteiger partial charge on any atom is 0.305 e. The molecule has 7 nitrogen and oxygen atoms in total. The van der Waals surface area contributed by atoms with E-state index in [0.717, 1.165) is 38.2 Å². The van der Waals surface area contributed by atoms with Gasteiger partial charge in [0, 0.05) is 17.8 Å². The average Bonchev–Trinajstić information content (AvgIpc) is 3.16. The van der Waals surface area contributed by atoms with Gasteiger partial charge >= 0.3 is 4.87 Å². The minimum atomic E-state index is -0.104. The molecular weight excluding hydrogens is 326 g/mol. The van der Waals surface area contributed by atoms with E-state index >= 15 is 0 Å². The van der Waals surface area contributed by atoms with E-state index in [4.69, 9.17) is 4.74 Å². The Hall–Kier alpha value is -3.13. The molecule has 0 unspecified atom stereocenters. The van der Waals surface area contributed by atoms with Crippen molar-refractivity contribution in [2.24, 2.45) is 0 Å². The van der Waals surface area contributed by atoms with E-state index in [2.05, 4.69) is 31.8 Å². The summed E-state index contributed by atoms with van der Waals surface area (Å²) in [6, 6.07) is 3.66. The van der Waals surface area contributed by atoms with Crippen LogP contribution in [0.2, 0.25) is 0 Å². The van der Waals surface area contributed by atoms with E-state index < -0.39 is 0 Å². The highest BCUT2D eigenvalue weighted by Crippen LogP contribution is 2.34. The Kier molecular flexibility index (Phi) is 3.31. The molecule has 3 aromatic heterocycles. The van der Waals surface area contributed by atoms with Crippen molar-refractivity contribution < 1.29 is 4.74 Å². The van der Waals surface area contributed by atoms with Crippen molar-refractivity contribution in [1.29, 1.82) is 0 Å². The Morgan fingerprint density at radius 1 is 1.38 bits per heavy atom. The fourth-order valence-corrected chi connectivity index (χ4v) is 3.37. The molecule has 0 amide bonds. The molecule has 0 spiro atoms. The largest absolute Gasteiger partial charge is 0.494 e. The van der Waals surface area contributed by atoms with Crippen LogP contribution in [0.4, 0.5) is 11.5 Å². The van der Waals surface area contributed by atoms with Crippen LogP contribution in [0, 0.1) is 0 Å². The third-order valence-electron chi connectivity index (χ3n) is 3.71. The lowest BCUT2D eigenvalue weighted by atomic mass is 10.2. The van der Waals surface area contributed by atoms with E-state index in [1.165, 1.54) is 6.33 Å². The van der Waals surface area contributed by atoms with Gasteiger partial charge in [0.15, 0.2) is 0 Å². The quantitative estimate of drug-likeness (QED) is 0.530. The molecule has 0 aliphatic carbocycles. The third-order valence-corrected chi connectivity index (χ3v) is 4.56. The van der Waals surface area contributed by atoms with Gasteiger partial charge in [-0.2, -0.15) is 0 Å². The summed E-state index contributed by atoms with van der Waals surface area (Å²) in [5, 5.41) is 4.12. The lowest BCUT2D eigenvalue weighted by molar-refractivity contribution is 0.417. The van der Waals surface area contributed by atoms with Gasteiger partial charge in [0.2, 0.25) is 0 Å². The molecule has 4 rings (SSSR count). The lowest BCUT2D eigenvalue weighted by Gasteiger charge is -2.11. The minimum Gasteiger partial charge on any atom is -0.494 e. The second-order valence-electron chi connectivity index (χ2n) is 5.08. The van der Waals surface area contributed by atoms with Gasteiger partial charge in [0.05, 0.1) is 28.4 Å². The smallest absolute Gasteiger partial charge is 0.305 e. The molecule has 0 bridgehead atoms. The predicted octanol–water partition coefficient (Wildman–Crippen LogP) is 3.26. The second-order valence-corrected chi connectivity index (χ2v) is 6.10. The lowest BCUT2D eigenvalue weighted by Crippen LogP contribution is -1.98. The normalized spacial score (nSPS) is 11.0. The zero-order valence-electron chi connectivity index (χ0n) is 12.7. The van der Waals surface area contributed by atoms with E-state index in [0.29, 0.717) is 17.2 Å². The molecule has 120 valence electrons. The highest BCUT2D eigenvalue weighted by atomic mass is 32.1. The number of hydrogen-bond acceptors (Lipinski definition) is 6. The number of aromatic nitrogens is 4. The summed E-state index contributed by atoms with van der Waals surface area (Å²) in [5.41, 5.74) is 3.08. The number of ether oxygens (including phenoxy) is 1. The molecule has 0 saturated carbocycles. The van der Waals surface area contributed by atoms with Crippen LogP contribution in [0.3, 0.4) is 0 Å². The highest BCUT2D eigenvalue weighted by molar-refractivity contribution is 7.16. The summed E-state index contributed by atoms with van der Waals surface area (Å²) < 4.78 is 6.27. The highest BCUT2D eigenvalue weighted by Gasteiger charge is 2.13. The van der Waals surface area contributed by atoms with Crippen LogP contribution in [0.15, 0.2) is 36.0 Å². The predicted molar refractivity (Wildman–Crippen MR) is 96.3 cm³/mol. The summed E-state index contributed by atoms with van der Waals surface area (Å²) in [7, 11) is 1.58. The van der Waals surface area contributed by atoms with E-state index in [1.54, 1.807) is 19.3 Å². The molecule has 0 atom stereocenters. The van der Waals surface area contributed by atoms with Gasteiger partial charge in [-0.15, -0.1) is 0 Å². The van der Waals surface area contributed by atoms with Gasteiger partial charge in [-0.25, -0.2) is 9.97 Å². The van der Waals surface area contributed by atoms with Gasteiger partial charge in [-0.1, -0.05) is 24.0 Å². The molecule has 0 aliphatic heterocycles. The molecule has 8 heteroatoms. The number of hydrogen-bond donors (Lipinski definition) is 3. The van der Waals surface area contributed by atoms with Gasteiger partial charge < -0.3 is 20.0 Å². The van der Waals surface area contributed by atoms with Gasteiger partial charge in [0.1, 0.15) is 23.5 Å². The third kappa shape index (κ3) is 2.24. The van der Waals surface area contributed by atoms with Crippen LogP contribution in [-0.4, -0.2) is 27.0 Å². The zero-order chi connectivity index (χ0) is 16.7. The SMILES string of the molecule is C=Cc1c[nH]c2ncnc(Nc3cc4sc(=O)[nH]c4cc3OC)c12. The van der Waals surface area contributed by atoms with Crippen LogP contribution >= 0.6 is 11.3 Å². The number of benzene rings is 1. The van der Waals surface area contributed by atoms with Gasteiger partial charge in [0.25, 0.3) is 0 Å². The molecule has 4 aromatic rings. The number of nitrogens with one attached hydrogen (secondary N) is 3. The Morgan fingerprint density at radius 2 is 2.25 bits per heavy atom. The molecule has 0 saturated heterocycles. The molecule has 3 N–H and O–H groups in total. The van der Waals surface area contributed by atoms with E-state index in [9.17, 15) is 4.79 Å². The number of anilines is 2. The van der Waals surface area contributed by atoms with Crippen molar-refractivity contribution in [3.05, 3.63) is 46.5 Å². The van der Waals surface area contributed by atoms with Crippen LogP contribution < -0.4 is 14.9 Å². The number of aromatic amines is 2. The van der Waals surface area contributed by atoms with Crippen molar-refractivity contribution in [1.82, 2.24) is 19.9 Å². The summed E-state index contributed by atoms with van der Waals surface area (Å²) in [4.78, 5) is 25.9. The number of nitrogens with zero attached hydrogens (tertiary/aromatic N) is 2. The first-order chi connectivity index (χ1) is 11.7. The summed E-state index contributed by atoms with van der Waals surface area (Å²) in [6.45, 7) is 3.81. The molecule has 0 radical (unpaired) electrons. The van der Waals surface area contributed by atoms with E-state index in [1.807, 2.05) is 12.3 Å². The Labute approximate surface area is 140 Å². The molecular formula is C16H13N5O2S. The van der Waals surface area contributed by atoms with Crippen molar-refractivity contribution >= 4 is 50.2 Å². The fourth-order valence-electron chi connectivity index (χ4n) is 2.61. The summed E-state index contributed by atoms with van der Waals surface area (Å²) >= 11 is 1.15. The Morgan fingerprint density at radius 3 is 3.04 bits per heavy atom. The number of rotatable bonds is 4.